The molecule has 0 unspecified atom stereocenters. The van der Waals surface area contributed by atoms with Crippen molar-refractivity contribution in [3.05, 3.63) is 60.2 Å². The van der Waals surface area contributed by atoms with Crippen molar-refractivity contribution < 1.29 is 0 Å². The number of nitrogens with two attached hydrogens (primary N) is 1. The zero-order valence-corrected chi connectivity index (χ0v) is 15.8. The number of fused-ring (bicyclic) bond motifs is 1. The third-order valence-corrected chi connectivity index (χ3v) is 5.15. The summed E-state index contributed by atoms with van der Waals surface area (Å²) >= 11 is 0. The molecule has 1 heterocycles. The van der Waals surface area contributed by atoms with E-state index in [0.29, 0.717) is 12.6 Å². The molecule has 4 nitrogen and oxygen atoms in total. The van der Waals surface area contributed by atoms with Crippen LogP contribution in [0.4, 0.5) is 11.4 Å². The number of aliphatic imine (C=N–C) groups is 1. The van der Waals surface area contributed by atoms with Crippen molar-refractivity contribution in [1.82, 2.24) is 0 Å². The summed E-state index contributed by atoms with van der Waals surface area (Å²) in [6, 6.07) is 19.1. The van der Waals surface area contributed by atoms with Crippen LogP contribution >= 0.6 is 0 Å². The van der Waals surface area contributed by atoms with Gasteiger partial charge >= 0.3 is 0 Å². The zero-order chi connectivity index (χ0) is 18.4. The van der Waals surface area contributed by atoms with E-state index in [1.807, 2.05) is 19.9 Å². The molecule has 4 N–H and O–H groups in total. The molecule has 1 aliphatic heterocycles. The van der Waals surface area contributed by atoms with Crippen LogP contribution in [0.1, 0.15) is 45.1 Å². The van der Waals surface area contributed by atoms with Gasteiger partial charge in [0, 0.05) is 6.04 Å². The van der Waals surface area contributed by atoms with Crippen LogP contribution in [0.5, 0.6) is 0 Å². The van der Waals surface area contributed by atoms with E-state index >= 15 is 0 Å². The van der Waals surface area contributed by atoms with Crippen LogP contribution in [-0.2, 0) is 6.54 Å². The Hall–Kier alpha value is -2.33. The van der Waals surface area contributed by atoms with E-state index < -0.39 is 0 Å². The molecule has 0 bridgehead atoms. The minimum Gasteiger partial charge on any atom is -0.371 e. The van der Waals surface area contributed by atoms with Crippen LogP contribution in [0.3, 0.4) is 0 Å². The van der Waals surface area contributed by atoms with Crippen molar-refractivity contribution >= 4 is 17.2 Å². The number of para-hydroxylation sites is 2. The van der Waals surface area contributed by atoms with Gasteiger partial charge in [0.15, 0.2) is 0 Å². The fourth-order valence-electron chi connectivity index (χ4n) is 3.70. The van der Waals surface area contributed by atoms with Gasteiger partial charge < -0.3 is 16.4 Å². The lowest BCUT2D eigenvalue weighted by Gasteiger charge is -2.45. The summed E-state index contributed by atoms with van der Waals surface area (Å²) in [6.07, 6.45) is 4.09. The predicted octanol–water partition coefficient (Wildman–Crippen LogP) is 4.79. The molecular formula is C22H30N4. The molecule has 0 atom stereocenters. The van der Waals surface area contributed by atoms with Crippen molar-refractivity contribution in [2.24, 2.45) is 10.7 Å². The van der Waals surface area contributed by atoms with Crippen LogP contribution in [0, 0.1) is 0 Å². The second-order valence-corrected chi connectivity index (χ2v) is 6.87. The Kier molecular flexibility index (Phi) is 5.94. The number of nitrogens with one attached hydrogen (secondary N) is 2. The average molecular weight is 351 g/mol. The maximum Gasteiger partial charge on any atom is 0.127 e. The Balaban J connectivity index is 0.000000948. The molecule has 26 heavy (non-hydrogen) atoms. The Bertz CT molecular complexity index is 731. The molecule has 4 rings (SSSR count). The molecule has 0 aromatic heterocycles. The molecule has 2 aromatic carbocycles. The van der Waals surface area contributed by atoms with Crippen LogP contribution in [-0.4, -0.2) is 17.4 Å². The SMILES string of the molecule is CC.NC1CCC2(CC1)Nc1ccccc1NC2=NCc1ccccc1. The number of hydrogen-bond donors (Lipinski definition) is 3. The largest absolute Gasteiger partial charge is 0.371 e. The van der Waals surface area contributed by atoms with Gasteiger partial charge in [-0.3, -0.25) is 4.99 Å². The van der Waals surface area contributed by atoms with E-state index in [1.165, 1.54) is 5.56 Å². The fourth-order valence-corrected chi connectivity index (χ4v) is 3.70. The lowest BCUT2D eigenvalue weighted by molar-refractivity contribution is 0.363. The first kappa shape index (κ1) is 18.5. The molecule has 1 aliphatic carbocycles. The van der Waals surface area contributed by atoms with Gasteiger partial charge in [-0.05, 0) is 43.4 Å². The van der Waals surface area contributed by atoms with Crippen LogP contribution in [0.25, 0.3) is 0 Å². The highest BCUT2D eigenvalue weighted by molar-refractivity contribution is 6.09. The normalized spacial score (nSPS) is 25.5. The summed E-state index contributed by atoms with van der Waals surface area (Å²) in [4.78, 5) is 4.96. The van der Waals surface area contributed by atoms with E-state index in [2.05, 4.69) is 59.2 Å². The first-order chi connectivity index (χ1) is 12.8. The van der Waals surface area contributed by atoms with Crippen LogP contribution < -0.4 is 16.4 Å². The lowest BCUT2D eigenvalue weighted by Crippen LogP contribution is -2.55. The minimum absolute atomic E-state index is 0.112. The van der Waals surface area contributed by atoms with Gasteiger partial charge in [0.05, 0.1) is 23.5 Å². The molecule has 0 saturated heterocycles. The Morgan fingerprint density at radius 2 is 1.58 bits per heavy atom. The highest BCUT2D eigenvalue weighted by atomic mass is 15.2. The lowest BCUT2D eigenvalue weighted by atomic mass is 9.77. The van der Waals surface area contributed by atoms with Crippen molar-refractivity contribution in [3.8, 4) is 0 Å². The van der Waals surface area contributed by atoms with E-state index in [0.717, 1.165) is 42.9 Å². The minimum atomic E-state index is -0.112. The number of amidine groups is 1. The van der Waals surface area contributed by atoms with Crippen molar-refractivity contribution in [2.75, 3.05) is 10.6 Å². The van der Waals surface area contributed by atoms with Gasteiger partial charge in [0.2, 0.25) is 0 Å². The average Bonchev–Trinajstić information content (AvgIpc) is 2.71. The van der Waals surface area contributed by atoms with Crippen LogP contribution in [0.15, 0.2) is 59.6 Å². The maximum atomic E-state index is 6.14. The van der Waals surface area contributed by atoms with E-state index in [4.69, 9.17) is 10.7 Å². The van der Waals surface area contributed by atoms with Gasteiger partial charge in [-0.25, -0.2) is 0 Å². The van der Waals surface area contributed by atoms with Gasteiger partial charge in [0.1, 0.15) is 5.84 Å². The molecule has 0 amide bonds. The monoisotopic (exact) mass is 350 g/mol. The maximum absolute atomic E-state index is 6.14. The van der Waals surface area contributed by atoms with E-state index in [-0.39, 0.29) is 5.54 Å². The third kappa shape index (κ3) is 3.91. The molecule has 138 valence electrons. The van der Waals surface area contributed by atoms with Crippen LogP contribution in [0.2, 0.25) is 0 Å². The molecule has 2 aliphatic rings. The second-order valence-electron chi connectivity index (χ2n) is 6.87. The Labute approximate surface area is 156 Å². The molecule has 1 fully saturated rings. The zero-order valence-electron chi connectivity index (χ0n) is 15.8. The highest BCUT2D eigenvalue weighted by Crippen LogP contribution is 2.39. The summed E-state index contributed by atoms with van der Waals surface area (Å²) < 4.78 is 0. The molecule has 4 heteroatoms. The Morgan fingerprint density at radius 1 is 0.962 bits per heavy atom. The summed E-state index contributed by atoms with van der Waals surface area (Å²) in [6.45, 7) is 4.70. The van der Waals surface area contributed by atoms with Gasteiger partial charge in [0.25, 0.3) is 0 Å². The van der Waals surface area contributed by atoms with Gasteiger partial charge in [-0.1, -0.05) is 56.3 Å². The number of benzene rings is 2. The fraction of sp³-hybridized carbons (Fsp3) is 0.409. The van der Waals surface area contributed by atoms with Gasteiger partial charge in [-0.2, -0.15) is 0 Å². The summed E-state index contributed by atoms with van der Waals surface area (Å²) in [5, 5.41) is 7.36. The number of nitrogens with zero attached hydrogens (tertiary/aromatic N) is 1. The van der Waals surface area contributed by atoms with Crippen molar-refractivity contribution in [1.29, 1.82) is 0 Å². The number of anilines is 2. The molecular weight excluding hydrogens is 320 g/mol. The van der Waals surface area contributed by atoms with E-state index in [1.54, 1.807) is 0 Å². The first-order valence-electron chi connectivity index (χ1n) is 9.74. The van der Waals surface area contributed by atoms with E-state index in [9.17, 15) is 0 Å². The summed E-state index contributed by atoms with van der Waals surface area (Å²) in [5.74, 6) is 1.05. The Morgan fingerprint density at radius 3 is 2.27 bits per heavy atom. The quantitative estimate of drug-likeness (QED) is 0.730. The molecule has 1 spiro atoms. The molecule has 2 aromatic rings. The highest BCUT2D eigenvalue weighted by Gasteiger charge is 2.42. The first-order valence-corrected chi connectivity index (χ1v) is 9.74. The van der Waals surface area contributed by atoms with Crippen molar-refractivity contribution in [2.45, 2.75) is 57.7 Å². The van der Waals surface area contributed by atoms with Crippen molar-refractivity contribution in [3.63, 3.8) is 0 Å². The predicted molar refractivity (Wildman–Crippen MR) is 112 cm³/mol. The summed E-state index contributed by atoms with van der Waals surface area (Å²) in [5.41, 5.74) is 9.52. The third-order valence-electron chi connectivity index (χ3n) is 5.15. The second kappa shape index (κ2) is 8.37. The molecule has 1 saturated carbocycles. The molecule has 0 radical (unpaired) electrons. The standard InChI is InChI=1S/C20H24N4.C2H6/c21-16-10-12-20(13-11-16)19(22-14-15-6-2-1-3-7-15)23-17-8-4-5-9-18(17)24-20;1-2/h1-9,16,24H,10-14,21H2,(H,22,23);1-2H3. The summed E-state index contributed by atoms with van der Waals surface area (Å²) in [7, 11) is 0. The van der Waals surface area contributed by atoms with Gasteiger partial charge in [-0.15, -0.1) is 0 Å². The smallest absolute Gasteiger partial charge is 0.127 e. The number of hydrogen-bond acceptors (Lipinski definition) is 3. The number of rotatable bonds is 2. The topological polar surface area (TPSA) is 62.4 Å².